The number of hydrogen-bond acceptors (Lipinski definition) is 4. The third kappa shape index (κ3) is 5.79. The van der Waals surface area contributed by atoms with Crippen LogP contribution in [0.1, 0.15) is 30.9 Å². The highest BCUT2D eigenvalue weighted by Gasteiger charge is 2.38. The molecule has 0 saturated carbocycles. The highest BCUT2D eigenvalue weighted by Crippen LogP contribution is 2.24. The summed E-state index contributed by atoms with van der Waals surface area (Å²) in [6.45, 7) is 1.50. The second-order valence-electron chi connectivity index (χ2n) is 7.75. The topological polar surface area (TPSA) is 95.6 Å². The van der Waals surface area contributed by atoms with Crippen LogP contribution in [0.15, 0.2) is 48.5 Å². The summed E-state index contributed by atoms with van der Waals surface area (Å²) in [5.41, 5.74) is 0.415. The minimum Gasteiger partial charge on any atom is -0.350 e. The summed E-state index contributed by atoms with van der Waals surface area (Å²) in [5, 5.41) is 5.01. The van der Waals surface area contributed by atoms with Gasteiger partial charge in [-0.05, 0) is 31.0 Å². The van der Waals surface area contributed by atoms with Gasteiger partial charge < -0.3 is 15.5 Å². The lowest BCUT2D eigenvalue weighted by Crippen LogP contribution is -2.53. The van der Waals surface area contributed by atoms with E-state index in [9.17, 15) is 28.0 Å². The van der Waals surface area contributed by atoms with Gasteiger partial charge in [-0.25, -0.2) is 8.78 Å². The van der Waals surface area contributed by atoms with Crippen molar-refractivity contribution in [3.8, 4) is 0 Å². The van der Waals surface area contributed by atoms with Gasteiger partial charge in [0.1, 0.15) is 23.7 Å². The predicted molar refractivity (Wildman–Crippen MR) is 116 cm³/mol. The van der Waals surface area contributed by atoms with Gasteiger partial charge in [0.05, 0.1) is 6.54 Å². The Kier molecular flexibility index (Phi) is 7.87. The average molecular weight is 457 g/mol. The number of likely N-dealkylation sites (N-methyl/N-ethyl adjacent to an activating group) is 1. The molecule has 0 radical (unpaired) electrons. The zero-order valence-corrected chi connectivity index (χ0v) is 18.1. The number of halogens is 2. The second kappa shape index (κ2) is 10.8. The van der Waals surface area contributed by atoms with Crippen LogP contribution in [-0.4, -0.2) is 47.0 Å². The molecule has 0 spiro atoms. The van der Waals surface area contributed by atoms with Crippen molar-refractivity contribution < 1.29 is 28.0 Å². The number of hydrogen-bond donors (Lipinski definition) is 2. The van der Waals surface area contributed by atoms with E-state index in [0.29, 0.717) is 0 Å². The monoisotopic (exact) mass is 457 g/mol. The molecular weight excluding hydrogens is 432 g/mol. The van der Waals surface area contributed by atoms with E-state index >= 15 is 0 Å². The average Bonchev–Trinajstić information content (AvgIpc) is 3.16. The molecule has 2 atom stereocenters. The van der Waals surface area contributed by atoms with Gasteiger partial charge in [0.15, 0.2) is 0 Å². The molecule has 3 rings (SSSR count). The largest absolute Gasteiger partial charge is 0.350 e. The Labute approximate surface area is 190 Å². The zero-order valence-electron chi connectivity index (χ0n) is 18.1. The first-order valence-corrected chi connectivity index (χ1v) is 10.7. The van der Waals surface area contributed by atoms with Crippen LogP contribution in [0.3, 0.4) is 0 Å². The number of carbonyl (C=O) groups excluding carboxylic acids is 4. The predicted octanol–water partition coefficient (Wildman–Crippen LogP) is 1.89. The number of likely N-dealkylation sites (tertiary alicyclic amines) is 1. The molecule has 1 aliphatic rings. The molecule has 2 aromatic rings. The van der Waals surface area contributed by atoms with Crippen molar-refractivity contribution >= 4 is 23.5 Å². The van der Waals surface area contributed by atoms with Gasteiger partial charge in [-0.2, -0.15) is 0 Å². The van der Waals surface area contributed by atoms with Crippen LogP contribution in [0, 0.1) is 11.6 Å². The number of Topliss-reactive ketones (excluding diaryl/α,β-unsaturated/α-hetero) is 1. The van der Waals surface area contributed by atoms with E-state index in [1.807, 2.05) is 0 Å². The Morgan fingerprint density at radius 3 is 2.36 bits per heavy atom. The lowest BCUT2D eigenvalue weighted by Gasteiger charge is -2.26. The highest BCUT2D eigenvalue weighted by atomic mass is 19.1. The van der Waals surface area contributed by atoms with Gasteiger partial charge in [0, 0.05) is 24.9 Å². The molecular formula is C24H25F2N3O4. The summed E-state index contributed by atoms with van der Waals surface area (Å²) in [6, 6.07) is 10.1. The molecule has 0 bridgehead atoms. The molecule has 1 aliphatic heterocycles. The third-order valence-electron chi connectivity index (χ3n) is 5.50. The van der Waals surface area contributed by atoms with Crippen molar-refractivity contribution in [3.05, 3.63) is 71.3 Å². The molecule has 33 heavy (non-hydrogen) atoms. The van der Waals surface area contributed by atoms with Crippen molar-refractivity contribution in [1.82, 2.24) is 15.5 Å². The van der Waals surface area contributed by atoms with E-state index in [4.69, 9.17) is 0 Å². The molecule has 2 N–H and O–H groups in total. The Balaban J connectivity index is 1.79. The van der Waals surface area contributed by atoms with Gasteiger partial charge in [-0.3, -0.25) is 19.2 Å². The molecule has 1 saturated heterocycles. The lowest BCUT2D eigenvalue weighted by atomic mass is 10.0. The Hall–Kier alpha value is -3.62. The summed E-state index contributed by atoms with van der Waals surface area (Å²) >= 11 is 0. The van der Waals surface area contributed by atoms with Crippen LogP contribution in [-0.2, 0) is 32.1 Å². The third-order valence-corrected chi connectivity index (χ3v) is 5.50. The molecule has 7 nitrogen and oxygen atoms in total. The number of ketones is 1. The van der Waals surface area contributed by atoms with E-state index in [0.717, 1.165) is 22.6 Å². The summed E-state index contributed by atoms with van der Waals surface area (Å²) < 4.78 is 28.2. The van der Waals surface area contributed by atoms with E-state index in [1.54, 1.807) is 37.3 Å². The molecule has 1 heterocycles. The van der Waals surface area contributed by atoms with Crippen LogP contribution in [0.2, 0.25) is 0 Å². The van der Waals surface area contributed by atoms with E-state index in [2.05, 4.69) is 10.6 Å². The summed E-state index contributed by atoms with van der Waals surface area (Å²) in [6.07, 6.45) is 0.237. The van der Waals surface area contributed by atoms with Crippen LogP contribution in [0.25, 0.3) is 0 Å². The number of amides is 3. The fourth-order valence-corrected chi connectivity index (χ4v) is 3.79. The van der Waals surface area contributed by atoms with Crippen molar-refractivity contribution in [3.63, 3.8) is 0 Å². The molecule has 1 fully saturated rings. The number of nitrogens with one attached hydrogen (secondary N) is 2. The molecule has 9 heteroatoms. The maximum atomic E-state index is 14.1. The van der Waals surface area contributed by atoms with Crippen molar-refractivity contribution in [1.29, 1.82) is 0 Å². The molecule has 174 valence electrons. The van der Waals surface area contributed by atoms with Gasteiger partial charge in [-0.15, -0.1) is 0 Å². The highest BCUT2D eigenvalue weighted by molar-refractivity contribution is 6.38. The first-order chi connectivity index (χ1) is 15.8. The standard InChI is InChI=1S/C24H25F2N3O4/c1-2-27-24(33)22(31)19(13-15-7-4-3-5-8-15)28-23(32)20-11-12-21(30)29(20)14-16-17(25)9-6-10-18(16)26/h3-10,19-20H,2,11-14H2,1H3,(H,27,33)(H,28,32)/t19?,20-/m1/s1. The normalized spacial score (nSPS) is 16.4. The summed E-state index contributed by atoms with van der Waals surface area (Å²) in [4.78, 5) is 51.4. The van der Waals surface area contributed by atoms with E-state index in [1.165, 1.54) is 6.07 Å². The smallest absolute Gasteiger partial charge is 0.289 e. The van der Waals surface area contributed by atoms with Gasteiger partial charge in [-0.1, -0.05) is 36.4 Å². The van der Waals surface area contributed by atoms with Crippen LogP contribution in [0.4, 0.5) is 8.78 Å². The van der Waals surface area contributed by atoms with Gasteiger partial charge in [0.25, 0.3) is 5.91 Å². The summed E-state index contributed by atoms with van der Waals surface area (Å²) in [7, 11) is 0. The molecule has 1 unspecified atom stereocenters. The number of rotatable bonds is 9. The minimum atomic E-state index is -1.16. The van der Waals surface area contributed by atoms with Crippen LogP contribution >= 0.6 is 0 Å². The first-order valence-electron chi connectivity index (χ1n) is 10.7. The number of benzene rings is 2. The molecule has 0 aliphatic carbocycles. The Morgan fingerprint density at radius 1 is 1.06 bits per heavy atom. The second-order valence-corrected chi connectivity index (χ2v) is 7.75. The summed E-state index contributed by atoms with van der Waals surface area (Å²) in [5.74, 6) is -4.36. The van der Waals surface area contributed by atoms with Crippen molar-refractivity contribution in [2.45, 2.75) is 44.8 Å². The first kappa shape index (κ1) is 24.0. The van der Waals surface area contributed by atoms with Crippen molar-refractivity contribution in [2.24, 2.45) is 0 Å². The quantitative estimate of drug-likeness (QED) is 0.562. The maximum absolute atomic E-state index is 14.1. The van der Waals surface area contributed by atoms with Gasteiger partial charge in [0.2, 0.25) is 17.6 Å². The molecule has 3 amide bonds. The molecule has 2 aromatic carbocycles. The maximum Gasteiger partial charge on any atom is 0.289 e. The fourth-order valence-electron chi connectivity index (χ4n) is 3.79. The SMILES string of the molecule is CCNC(=O)C(=O)C(Cc1ccccc1)NC(=O)[C@H]1CCC(=O)N1Cc1c(F)cccc1F. The minimum absolute atomic E-state index is 0.0295. The Morgan fingerprint density at radius 2 is 1.73 bits per heavy atom. The fraction of sp³-hybridized carbons (Fsp3) is 0.333. The van der Waals surface area contributed by atoms with Crippen molar-refractivity contribution in [2.75, 3.05) is 6.54 Å². The van der Waals surface area contributed by atoms with E-state index < -0.39 is 53.8 Å². The van der Waals surface area contributed by atoms with E-state index in [-0.39, 0.29) is 31.4 Å². The lowest BCUT2D eigenvalue weighted by molar-refractivity contribution is -0.141. The van der Waals surface area contributed by atoms with Gasteiger partial charge >= 0.3 is 0 Å². The zero-order chi connectivity index (χ0) is 24.0. The molecule has 0 aromatic heterocycles. The van der Waals surface area contributed by atoms with Crippen LogP contribution < -0.4 is 10.6 Å². The Bertz CT molecular complexity index is 1030. The van der Waals surface area contributed by atoms with Crippen LogP contribution in [0.5, 0.6) is 0 Å². The number of nitrogens with zero attached hydrogens (tertiary/aromatic N) is 1. The number of carbonyl (C=O) groups is 4.